The minimum absolute atomic E-state index is 0.0307. The van der Waals surface area contributed by atoms with Crippen LogP contribution >= 0.6 is 35.0 Å². The molecule has 10 heteroatoms. The molecule has 0 aliphatic rings. The van der Waals surface area contributed by atoms with E-state index in [1.54, 1.807) is 12.1 Å². The molecule has 0 radical (unpaired) electrons. The Labute approximate surface area is 226 Å². The Morgan fingerprint density at radius 2 is 1.72 bits per heavy atom. The number of carbonyl (C=O) groups excluding carboxylic acids is 2. The standard InChI is InChI=1S/C26H31Cl2N5O2S/c1-7-33-24(22(14(2)3)30-25(35)19-9-8-18(27)12-20(19)28)31-32-26(33)36-13-21(34)29-23-16(5)10-15(4)11-17(23)6/h8-12,14,22H,7,13H2,1-6H3,(H,29,34)(H,30,35)/t22-/m0/s1. The maximum absolute atomic E-state index is 13.0. The first kappa shape index (κ1) is 28.0. The number of hydrogen-bond acceptors (Lipinski definition) is 5. The average molecular weight is 549 g/mol. The third-order valence-electron chi connectivity index (χ3n) is 5.74. The topological polar surface area (TPSA) is 88.9 Å². The van der Waals surface area contributed by atoms with Crippen molar-refractivity contribution >= 4 is 52.5 Å². The smallest absolute Gasteiger partial charge is 0.253 e. The molecular weight excluding hydrogens is 517 g/mol. The predicted octanol–water partition coefficient (Wildman–Crippen LogP) is 6.39. The fourth-order valence-electron chi connectivity index (χ4n) is 4.04. The molecule has 7 nitrogen and oxygen atoms in total. The first-order valence-corrected chi connectivity index (χ1v) is 13.4. The van der Waals surface area contributed by atoms with E-state index in [1.165, 1.54) is 17.8 Å². The lowest BCUT2D eigenvalue weighted by atomic mass is 10.0. The quantitative estimate of drug-likeness (QED) is 0.303. The van der Waals surface area contributed by atoms with Gasteiger partial charge in [-0.05, 0) is 62.9 Å². The Kier molecular flexibility index (Phi) is 9.44. The van der Waals surface area contributed by atoms with E-state index in [0.717, 1.165) is 22.4 Å². The van der Waals surface area contributed by atoms with Crippen molar-refractivity contribution in [1.29, 1.82) is 0 Å². The minimum Gasteiger partial charge on any atom is -0.342 e. The molecule has 192 valence electrons. The summed E-state index contributed by atoms with van der Waals surface area (Å²) in [4.78, 5) is 25.7. The molecule has 0 saturated carbocycles. The van der Waals surface area contributed by atoms with Crippen LogP contribution in [0.5, 0.6) is 0 Å². The second-order valence-electron chi connectivity index (χ2n) is 9.01. The van der Waals surface area contributed by atoms with E-state index in [2.05, 4.69) is 20.8 Å². The van der Waals surface area contributed by atoms with E-state index in [0.29, 0.717) is 28.1 Å². The summed E-state index contributed by atoms with van der Waals surface area (Å²) in [6.07, 6.45) is 0. The molecule has 2 N–H and O–H groups in total. The van der Waals surface area contributed by atoms with Crippen LogP contribution in [-0.4, -0.2) is 32.3 Å². The van der Waals surface area contributed by atoms with Gasteiger partial charge in [-0.2, -0.15) is 0 Å². The summed E-state index contributed by atoms with van der Waals surface area (Å²) < 4.78 is 1.93. The Bertz CT molecular complexity index is 1250. The SMILES string of the molecule is CCn1c(SCC(=O)Nc2c(C)cc(C)cc2C)nnc1[C@@H](NC(=O)c1ccc(Cl)cc1Cl)C(C)C. The summed E-state index contributed by atoms with van der Waals surface area (Å²) in [6, 6.07) is 8.45. The number of thioether (sulfide) groups is 1. The van der Waals surface area contributed by atoms with Gasteiger partial charge in [0.25, 0.3) is 5.91 Å². The number of benzene rings is 2. The first-order valence-electron chi connectivity index (χ1n) is 11.7. The highest BCUT2D eigenvalue weighted by Gasteiger charge is 2.27. The third kappa shape index (κ3) is 6.60. The van der Waals surface area contributed by atoms with Crippen LogP contribution in [-0.2, 0) is 11.3 Å². The van der Waals surface area contributed by atoms with Gasteiger partial charge in [0.15, 0.2) is 11.0 Å². The zero-order valence-corrected chi connectivity index (χ0v) is 23.6. The fourth-order valence-corrected chi connectivity index (χ4v) is 5.34. The van der Waals surface area contributed by atoms with Crippen molar-refractivity contribution < 1.29 is 9.59 Å². The Morgan fingerprint density at radius 3 is 2.31 bits per heavy atom. The van der Waals surface area contributed by atoms with E-state index in [9.17, 15) is 9.59 Å². The van der Waals surface area contributed by atoms with Crippen molar-refractivity contribution in [2.45, 2.75) is 59.3 Å². The second-order valence-corrected chi connectivity index (χ2v) is 10.8. The van der Waals surface area contributed by atoms with Crippen molar-refractivity contribution in [3.05, 3.63) is 68.5 Å². The largest absolute Gasteiger partial charge is 0.342 e. The molecule has 2 amide bonds. The highest BCUT2D eigenvalue weighted by molar-refractivity contribution is 7.99. The summed E-state index contributed by atoms with van der Waals surface area (Å²) in [5.74, 6) is 0.401. The Balaban J connectivity index is 1.75. The highest BCUT2D eigenvalue weighted by Crippen LogP contribution is 2.28. The molecule has 0 saturated heterocycles. The predicted molar refractivity (Wildman–Crippen MR) is 147 cm³/mol. The van der Waals surface area contributed by atoms with Crippen LogP contribution in [0.2, 0.25) is 10.0 Å². The van der Waals surface area contributed by atoms with Crippen LogP contribution in [0.25, 0.3) is 0 Å². The molecule has 3 aromatic rings. The number of halogens is 2. The normalized spacial score (nSPS) is 12.0. The van der Waals surface area contributed by atoms with Crippen molar-refractivity contribution in [2.24, 2.45) is 5.92 Å². The molecule has 2 aromatic carbocycles. The molecule has 0 aliphatic heterocycles. The maximum atomic E-state index is 13.0. The van der Waals surface area contributed by atoms with Crippen molar-refractivity contribution in [3.63, 3.8) is 0 Å². The van der Waals surface area contributed by atoms with E-state index >= 15 is 0 Å². The zero-order chi connectivity index (χ0) is 26.6. The van der Waals surface area contributed by atoms with Crippen LogP contribution in [0.1, 0.15) is 59.7 Å². The van der Waals surface area contributed by atoms with E-state index < -0.39 is 6.04 Å². The van der Waals surface area contributed by atoms with Crippen LogP contribution in [0, 0.1) is 26.7 Å². The lowest BCUT2D eigenvalue weighted by molar-refractivity contribution is -0.113. The van der Waals surface area contributed by atoms with Crippen molar-refractivity contribution in [1.82, 2.24) is 20.1 Å². The number of nitrogens with one attached hydrogen (secondary N) is 2. The summed E-state index contributed by atoms with van der Waals surface area (Å²) in [5, 5.41) is 16.1. The lowest BCUT2D eigenvalue weighted by Crippen LogP contribution is -2.34. The molecule has 1 atom stereocenters. The van der Waals surface area contributed by atoms with Gasteiger partial charge in [0.05, 0.1) is 22.4 Å². The van der Waals surface area contributed by atoms with Crippen LogP contribution in [0.15, 0.2) is 35.5 Å². The number of carbonyl (C=O) groups is 2. The van der Waals surface area contributed by atoms with Crippen LogP contribution in [0.3, 0.4) is 0 Å². The first-order chi connectivity index (χ1) is 17.0. The van der Waals surface area contributed by atoms with Gasteiger partial charge in [-0.15, -0.1) is 10.2 Å². The Hall–Kier alpha value is -2.55. The highest BCUT2D eigenvalue weighted by atomic mass is 35.5. The van der Waals surface area contributed by atoms with Crippen LogP contribution < -0.4 is 10.6 Å². The monoisotopic (exact) mass is 547 g/mol. The number of nitrogens with zero attached hydrogens (tertiary/aromatic N) is 3. The van der Waals surface area contributed by atoms with Gasteiger partial charge in [-0.3, -0.25) is 9.59 Å². The molecule has 3 rings (SSSR count). The van der Waals surface area contributed by atoms with Gasteiger partial charge in [0, 0.05) is 17.3 Å². The Morgan fingerprint density at radius 1 is 1.06 bits per heavy atom. The van der Waals surface area contributed by atoms with Crippen molar-refractivity contribution in [2.75, 3.05) is 11.1 Å². The number of aromatic nitrogens is 3. The lowest BCUT2D eigenvalue weighted by Gasteiger charge is -2.23. The minimum atomic E-state index is -0.405. The second kappa shape index (κ2) is 12.1. The molecule has 0 aliphatic carbocycles. The van der Waals surface area contributed by atoms with Gasteiger partial charge in [-0.1, -0.05) is 66.5 Å². The van der Waals surface area contributed by atoms with E-state index in [1.807, 2.05) is 58.2 Å². The van der Waals surface area contributed by atoms with E-state index in [-0.39, 0.29) is 28.5 Å². The van der Waals surface area contributed by atoms with E-state index in [4.69, 9.17) is 23.2 Å². The number of amides is 2. The van der Waals surface area contributed by atoms with Gasteiger partial charge in [0.1, 0.15) is 0 Å². The summed E-state index contributed by atoms with van der Waals surface area (Å²) in [7, 11) is 0. The summed E-state index contributed by atoms with van der Waals surface area (Å²) in [6.45, 7) is 12.6. The molecule has 0 spiro atoms. The molecule has 36 heavy (non-hydrogen) atoms. The summed E-state index contributed by atoms with van der Waals surface area (Å²) in [5.41, 5.74) is 4.39. The number of hydrogen-bond donors (Lipinski definition) is 2. The van der Waals surface area contributed by atoms with Gasteiger partial charge in [0.2, 0.25) is 5.91 Å². The third-order valence-corrected chi connectivity index (χ3v) is 7.26. The molecular formula is C26H31Cl2N5O2S. The zero-order valence-electron chi connectivity index (χ0n) is 21.3. The molecule has 0 unspecified atom stereocenters. The molecule has 1 heterocycles. The number of rotatable bonds is 9. The van der Waals surface area contributed by atoms with Gasteiger partial charge in [-0.25, -0.2) is 0 Å². The summed E-state index contributed by atoms with van der Waals surface area (Å²) >= 11 is 13.5. The average Bonchev–Trinajstić information content (AvgIpc) is 3.20. The maximum Gasteiger partial charge on any atom is 0.253 e. The van der Waals surface area contributed by atoms with Gasteiger partial charge < -0.3 is 15.2 Å². The van der Waals surface area contributed by atoms with Crippen LogP contribution in [0.4, 0.5) is 5.69 Å². The van der Waals surface area contributed by atoms with Gasteiger partial charge >= 0.3 is 0 Å². The fraction of sp³-hybridized carbons (Fsp3) is 0.385. The molecule has 1 aromatic heterocycles. The van der Waals surface area contributed by atoms with Crippen molar-refractivity contribution in [3.8, 4) is 0 Å². The number of anilines is 1. The number of aryl methyl sites for hydroxylation is 3. The molecule has 0 fully saturated rings. The molecule has 0 bridgehead atoms.